The first-order valence-electron chi connectivity index (χ1n) is 8.11. The van der Waals surface area contributed by atoms with Crippen molar-refractivity contribution in [1.82, 2.24) is 9.13 Å². The van der Waals surface area contributed by atoms with Gasteiger partial charge in [-0.1, -0.05) is 47.1 Å². The summed E-state index contributed by atoms with van der Waals surface area (Å²) in [4.78, 5) is 12.6. The van der Waals surface area contributed by atoms with Crippen LogP contribution < -0.4 is 5.62 Å². The predicted octanol–water partition coefficient (Wildman–Crippen LogP) is 4.15. The van der Waals surface area contributed by atoms with Gasteiger partial charge in [0, 0.05) is 16.6 Å². The van der Waals surface area contributed by atoms with Crippen LogP contribution in [0.2, 0.25) is 0 Å². The largest absolute Gasteiger partial charge is 0.310 e. The van der Waals surface area contributed by atoms with E-state index in [4.69, 9.17) is 5.41 Å². The van der Waals surface area contributed by atoms with E-state index in [0.717, 1.165) is 21.9 Å². The van der Waals surface area contributed by atoms with Crippen LogP contribution >= 0.6 is 15.9 Å². The molecule has 5 heteroatoms. The molecule has 0 aliphatic rings. The van der Waals surface area contributed by atoms with Gasteiger partial charge in [-0.2, -0.15) is 0 Å². The molecule has 0 atom stereocenters. The maximum absolute atomic E-state index is 12.6. The molecular formula is C19H20BrN3O. The van der Waals surface area contributed by atoms with Crippen molar-refractivity contribution in [3.8, 4) is 0 Å². The number of benzene rings is 2. The molecule has 0 bridgehead atoms. The highest BCUT2D eigenvalue weighted by molar-refractivity contribution is 9.10. The third kappa shape index (κ3) is 2.84. The van der Waals surface area contributed by atoms with Crippen LogP contribution in [-0.4, -0.2) is 14.9 Å². The molecule has 0 saturated heterocycles. The number of para-hydroxylation sites is 1. The van der Waals surface area contributed by atoms with Gasteiger partial charge in [0.25, 0.3) is 0 Å². The molecule has 0 amide bonds. The Morgan fingerprint density at radius 2 is 1.79 bits per heavy atom. The van der Waals surface area contributed by atoms with Crippen molar-refractivity contribution in [3.05, 3.63) is 63.7 Å². The number of nitrogens with zero attached hydrogens (tertiary/aromatic N) is 2. The average molecular weight is 386 g/mol. The number of aromatic nitrogens is 2. The van der Waals surface area contributed by atoms with Crippen LogP contribution in [-0.2, 0) is 19.5 Å². The molecule has 0 unspecified atom stereocenters. The number of imidazole rings is 1. The molecule has 0 aliphatic carbocycles. The van der Waals surface area contributed by atoms with Gasteiger partial charge in [0.05, 0.1) is 17.6 Å². The van der Waals surface area contributed by atoms with E-state index in [0.29, 0.717) is 17.7 Å². The van der Waals surface area contributed by atoms with Gasteiger partial charge in [-0.25, -0.2) is 0 Å². The highest BCUT2D eigenvalue weighted by Gasteiger charge is 2.15. The molecule has 0 spiro atoms. The molecule has 3 aromatic rings. The zero-order valence-electron chi connectivity index (χ0n) is 13.8. The molecule has 1 aromatic heterocycles. The first-order chi connectivity index (χ1) is 11.6. The van der Waals surface area contributed by atoms with Crippen LogP contribution in [0.5, 0.6) is 0 Å². The van der Waals surface area contributed by atoms with Crippen LogP contribution in [0.15, 0.2) is 46.9 Å². The minimum atomic E-state index is 0.0121. The molecule has 2 aromatic carbocycles. The molecule has 1 N–H and O–H groups in total. The maximum Gasteiger partial charge on any atom is 0.203 e. The Morgan fingerprint density at radius 3 is 2.42 bits per heavy atom. The lowest BCUT2D eigenvalue weighted by Crippen LogP contribution is -2.27. The van der Waals surface area contributed by atoms with Crippen molar-refractivity contribution in [2.75, 3.05) is 0 Å². The third-order valence-corrected chi connectivity index (χ3v) is 4.86. The summed E-state index contributed by atoms with van der Waals surface area (Å²) in [5, 5.41) is 8.50. The summed E-state index contributed by atoms with van der Waals surface area (Å²) < 4.78 is 4.73. The Kier molecular flexibility index (Phi) is 4.71. The molecule has 0 saturated carbocycles. The van der Waals surface area contributed by atoms with Gasteiger partial charge in [0.1, 0.15) is 0 Å². The van der Waals surface area contributed by atoms with Crippen molar-refractivity contribution >= 4 is 32.7 Å². The predicted molar refractivity (Wildman–Crippen MR) is 99.3 cm³/mol. The summed E-state index contributed by atoms with van der Waals surface area (Å²) >= 11 is 3.38. The number of nitrogens with one attached hydrogen (secondary N) is 1. The SMILES string of the molecule is CCc1cccc2c1n(CC)c(=N)n2CC(=O)c1ccc(Br)cc1. The van der Waals surface area contributed by atoms with Crippen LogP contribution in [0.3, 0.4) is 0 Å². The van der Waals surface area contributed by atoms with E-state index in [1.54, 1.807) is 0 Å². The number of carbonyl (C=O) groups is 1. The number of Topliss-reactive ketones (excluding diaryl/α,β-unsaturated/α-hetero) is 1. The molecule has 3 rings (SSSR count). The fourth-order valence-electron chi connectivity index (χ4n) is 3.10. The second-order valence-corrected chi connectivity index (χ2v) is 6.64. The summed E-state index contributed by atoms with van der Waals surface area (Å²) in [5.74, 6) is 0.0121. The van der Waals surface area contributed by atoms with Crippen molar-refractivity contribution in [2.45, 2.75) is 33.4 Å². The van der Waals surface area contributed by atoms with E-state index in [9.17, 15) is 4.79 Å². The van der Waals surface area contributed by atoms with Gasteiger partial charge in [-0.05, 0) is 37.1 Å². The Balaban J connectivity index is 2.10. The number of ketones is 1. The fourth-order valence-corrected chi connectivity index (χ4v) is 3.36. The molecule has 0 fully saturated rings. The Hall–Kier alpha value is -2.14. The lowest BCUT2D eigenvalue weighted by molar-refractivity contribution is 0.0971. The second-order valence-electron chi connectivity index (χ2n) is 5.72. The molecule has 4 nitrogen and oxygen atoms in total. The topological polar surface area (TPSA) is 50.8 Å². The summed E-state index contributed by atoms with van der Waals surface area (Å²) in [6.45, 7) is 5.04. The van der Waals surface area contributed by atoms with E-state index in [1.807, 2.05) is 52.5 Å². The Labute approximate surface area is 149 Å². The summed E-state index contributed by atoms with van der Waals surface area (Å²) in [6.07, 6.45) is 0.904. The molecule has 24 heavy (non-hydrogen) atoms. The monoisotopic (exact) mass is 385 g/mol. The summed E-state index contributed by atoms with van der Waals surface area (Å²) in [7, 11) is 0. The standard InChI is InChI=1S/C19H20BrN3O/c1-3-13-6-5-7-16-18(13)22(4-2)19(21)23(16)12-17(24)14-8-10-15(20)11-9-14/h5-11,21H,3-4,12H2,1-2H3. The zero-order valence-corrected chi connectivity index (χ0v) is 15.4. The molecule has 124 valence electrons. The molecule has 0 radical (unpaired) electrons. The number of hydrogen-bond acceptors (Lipinski definition) is 2. The highest BCUT2D eigenvalue weighted by Crippen LogP contribution is 2.20. The third-order valence-electron chi connectivity index (χ3n) is 4.34. The van der Waals surface area contributed by atoms with E-state index < -0.39 is 0 Å². The lowest BCUT2D eigenvalue weighted by atomic mass is 10.1. The maximum atomic E-state index is 12.6. The highest BCUT2D eigenvalue weighted by atomic mass is 79.9. The van der Waals surface area contributed by atoms with Crippen molar-refractivity contribution < 1.29 is 4.79 Å². The Bertz CT molecular complexity index is 951. The van der Waals surface area contributed by atoms with Crippen molar-refractivity contribution in [3.63, 3.8) is 0 Å². The normalized spacial score (nSPS) is 11.1. The summed E-state index contributed by atoms with van der Waals surface area (Å²) in [5.41, 5.74) is 4.26. The van der Waals surface area contributed by atoms with Crippen LogP contribution in [0.25, 0.3) is 11.0 Å². The van der Waals surface area contributed by atoms with Gasteiger partial charge in [0.15, 0.2) is 5.78 Å². The minimum absolute atomic E-state index is 0.0121. The summed E-state index contributed by atoms with van der Waals surface area (Å²) in [6, 6.07) is 13.4. The zero-order chi connectivity index (χ0) is 17.3. The number of hydrogen-bond donors (Lipinski definition) is 1. The van der Waals surface area contributed by atoms with Gasteiger partial charge >= 0.3 is 0 Å². The minimum Gasteiger partial charge on any atom is -0.310 e. The molecular weight excluding hydrogens is 366 g/mol. The first kappa shape index (κ1) is 16.7. The number of halogens is 1. The smallest absolute Gasteiger partial charge is 0.203 e. The van der Waals surface area contributed by atoms with E-state index in [1.165, 1.54) is 5.56 Å². The quantitative estimate of drug-likeness (QED) is 0.658. The number of fused-ring (bicyclic) bond motifs is 1. The van der Waals surface area contributed by atoms with Crippen LogP contribution in [0, 0.1) is 5.41 Å². The van der Waals surface area contributed by atoms with Gasteiger partial charge in [-0.3, -0.25) is 10.2 Å². The van der Waals surface area contributed by atoms with Gasteiger partial charge < -0.3 is 9.13 Å². The van der Waals surface area contributed by atoms with Gasteiger partial charge in [0.2, 0.25) is 5.62 Å². The van der Waals surface area contributed by atoms with E-state index >= 15 is 0 Å². The van der Waals surface area contributed by atoms with Gasteiger partial charge in [-0.15, -0.1) is 0 Å². The van der Waals surface area contributed by atoms with Crippen LogP contribution in [0.1, 0.15) is 29.8 Å². The second kappa shape index (κ2) is 6.77. The Morgan fingerprint density at radius 1 is 1.08 bits per heavy atom. The van der Waals surface area contributed by atoms with Crippen molar-refractivity contribution in [2.24, 2.45) is 0 Å². The molecule has 1 heterocycles. The van der Waals surface area contributed by atoms with Crippen molar-refractivity contribution in [1.29, 1.82) is 5.41 Å². The number of rotatable bonds is 5. The van der Waals surface area contributed by atoms with E-state index in [-0.39, 0.29) is 12.3 Å². The number of carbonyl (C=O) groups excluding carboxylic acids is 1. The first-order valence-corrected chi connectivity index (χ1v) is 8.90. The number of aryl methyl sites for hydroxylation is 2. The lowest BCUT2D eigenvalue weighted by Gasteiger charge is -2.05. The molecule has 0 aliphatic heterocycles. The van der Waals surface area contributed by atoms with E-state index in [2.05, 4.69) is 28.9 Å². The fraction of sp³-hybridized carbons (Fsp3) is 0.263. The average Bonchev–Trinajstić information content (AvgIpc) is 2.87. The van der Waals surface area contributed by atoms with Crippen LogP contribution in [0.4, 0.5) is 0 Å².